The van der Waals surface area contributed by atoms with Gasteiger partial charge in [0.15, 0.2) is 0 Å². The van der Waals surface area contributed by atoms with Crippen molar-refractivity contribution in [1.82, 2.24) is 19.8 Å². The molecule has 1 aliphatic rings. The summed E-state index contributed by atoms with van der Waals surface area (Å²) in [4.78, 5) is 18.5. The van der Waals surface area contributed by atoms with Crippen LogP contribution in [0.1, 0.15) is 30.7 Å². The molecule has 2 aromatic rings. The molecule has 5 nitrogen and oxygen atoms in total. The molecule has 1 fully saturated rings. The van der Waals surface area contributed by atoms with Crippen molar-refractivity contribution in [2.75, 3.05) is 6.54 Å². The summed E-state index contributed by atoms with van der Waals surface area (Å²) in [5, 5.41) is 3.00. The van der Waals surface area contributed by atoms with Crippen molar-refractivity contribution in [3.63, 3.8) is 0 Å². The van der Waals surface area contributed by atoms with Crippen LogP contribution in [0.15, 0.2) is 36.7 Å². The molecule has 1 saturated carbocycles. The molecule has 3 rings (SSSR count). The molecular formula is C18H23FN4O. The summed E-state index contributed by atoms with van der Waals surface area (Å²) >= 11 is 0. The highest BCUT2D eigenvalue weighted by Crippen LogP contribution is 2.28. The molecule has 1 heterocycles. The fourth-order valence-corrected chi connectivity index (χ4v) is 2.73. The predicted octanol–water partition coefficient (Wildman–Crippen LogP) is 3.09. The number of nitrogens with zero attached hydrogens (tertiary/aromatic N) is 3. The van der Waals surface area contributed by atoms with E-state index in [1.807, 2.05) is 18.0 Å². The molecule has 0 spiro atoms. The van der Waals surface area contributed by atoms with Crippen LogP contribution in [0, 0.1) is 12.7 Å². The minimum absolute atomic E-state index is 0.0378. The molecule has 0 radical (unpaired) electrons. The first-order valence-electron chi connectivity index (χ1n) is 8.40. The number of benzene rings is 1. The van der Waals surface area contributed by atoms with Gasteiger partial charge in [-0.05, 0) is 43.9 Å². The number of carbonyl (C=O) groups excluding carboxylic acids is 1. The number of amides is 2. The molecule has 128 valence electrons. The summed E-state index contributed by atoms with van der Waals surface area (Å²) in [6.45, 7) is 3.96. The summed E-state index contributed by atoms with van der Waals surface area (Å²) in [7, 11) is 0. The molecule has 1 aliphatic carbocycles. The van der Waals surface area contributed by atoms with E-state index in [4.69, 9.17) is 0 Å². The Morgan fingerprint density at radius 2 is 2.12 bits per heavy atom. The highest BCUT2D eigenvalue weighted by molar-refractivity contribution is 5.74. The van der Waals surface area contributed by atoms with Crippen molar-refractivity contribution in [3.8, 4) is 0 Å². The second kappa shape index (κ2) is 7.47. The molecule has 0 aliphatic heterocycles. The summed E-state index contributed by atoms with van der Waals surface area (Å²) in [5.41, 5.74) is 0.951. The minimum atomic E-state index is -0.254. The third kappa shape index (κ3) is 4.34. The number of carbonyl (C=O) groups is 1. The van der Waals surface area contributed by atoms with Crippen LogP contribution >= 0.6 is 0 Å². The molecule has 0 atom stereocenters. The number of aromatic nitrogens is 2. The molecule has 1 aromatic heterocycles. The van der Waals surface area contributed by atoms with E-state index in [1.54, 1.807) is 18.3 Å². The standard InChI is InChI=1S/C18H23FN4O/c1-14-20-10-12-22(14)11-2-9-21-18(24)23(17-7-8-17)13-15-3-5-16(19)6-4-15/h3-6,10,12,17H,2,7-9,11,13H2,1H3,(H,21,24). The van der Waals surface area contributed by atoms with Crippen LogP contribution in [0.5, 0.6) is 0 Å². The van der Waals surface area contributed by atoms with E-state index in [-0.39, 0.29) is 11.8 Å². The lowest BCUT2D eigenvalue weighted by molar-refractivity contribution is 0.191. The number of rotatable bonds is 7. The number of urea groups is 1. The Hall–Kier alpha value is -2.37. The predicted molar refractivity (Wildman–Crippen MR) is 89.9 cm³/mol. The van der Waals surface area contributed by atoms with Gasteiger partial charge in [-0.1, -0.05) is 12.1 Å². The molecule has 0 unspecified atom stereocenters. The maximum absolute atomic E-state index is 13.0. The Kier molecular flexibility index (Phi) is 5.13. The minimum Gasteiger partial charge on any atom is -0.338 e. The van der Waals surface area contributed by atoms with Gasteiger partial charge < -0.3 is 14.8 Å². The van der Waals surface area contributed by atoms with Gasteiger partial charge in [-0.2, -0.15) is 0 Å². The Morgan fingerprint density at radius 1 is 1.38 bits per heavy atom. The average Bonchev–Trinajstić information content (AvgIpc) is 3.33. The van der Waals surface area contributed by atoms with Crippen LogP contribution in [-0.2, 0) is 13.1 Å². The number of aryl methyl sites for hydroxylation is 2. The fourth-order valence-electron chi connectivity index (χ4n) is 2.73. The zero-order valence-electron chi connectivity index (χ0n) is 13.9. The summed E-state index contributed by atoms with van der Waals surface area (Å²) in [5.74, 6) is 0.730. The van der Waals surface area contributed by atoms with E-state index in [1.165, 1.54) is 12.1 Å². The lowest BCUT2D eigenvalue weighted by Gasteiger charge is -2.23. The Morgan fingerprint density at radius 3 is 2.75 bits per heavy atom. The fraction of sp³-hybridized carbons (Fsp3) is 0.444. The van der Waals surface area contributed by atoms with Gasteiger partial charge in [0.05, 0.1) is 0 Å². The summed E-state index contributed by atoms with van der Waals surface area (Å²) in [6.07, 6.45) is 6.68. The van der Waals surface area contributed by atoms with Crippen LogP contribution in [0.2, 0.25) is 0 Å². The van der Waals surface area contributed by atoms with E-state index in [2.05, 4.69) is 14.9 Å². The Balaban J connectivity index is 1.47. The number of hydrogen-bond donors (Lipinski definition) is 1. The van der Waals surface area contributed by atoms with Gasteiger partial charge >= 0.3 is 6.03 Å². The first-order chi connectivity index (χ1) is 11.6. The third-order valence-corrected chi connectivity index (χ3v) is 4.29. The van der Waals surface area contributed by atoms with E-state index >= 15 is 0 Å². The Labute approximate surface area is 141 Å². The summed E-state index contributed by atoms with van der Waals surface area (Å²) < 4.78 is 15.1. The topological polar surface area (TPSA) is 50.2 Å². The first kappa shape index (κ1) is 16.5. The van der Waals surface area contributed by atoms with Crippen molar-refractivity contribution in [2.24, 2.45) is 0 Å². The van der Waals surface area contributed by atoms with Crippen LogP contribution in [-0.4, -0.2) is 33.1 Å². The zero-order chi connectivity index (χ0) is 16.9. The van der Waals surface area contributed by atoms with Gasteiger partial charge in [0, 0.05) is 38.1 Å². The van der Waals surface area contributed by atoms with E-state index < -0.39 is 0 Å². The first-order valence-corrected chi connectivity index (χ1v) is 8.40. The zero-order valence-corrected chi connectivity index (χ0v) is 13.9. The van der Waals surface area contributed by atoms with Crippen molar-refractivity contribution in [2.45, 2.75) is 45.3 Å². The molecule has 1 N–H and O–H groups in total. The number of imidazole rings is 1. The van der Waals surface area contributed by atoms with Gasteiger partial charge in [-0.3, -0.25) is 0 Å². The lowest BCUT2D eigenvalue weighted by atomic mass is 10.2. The smallest absolute Gasteiger partial charge is 0.317 e. The molecular weight excluding hydrogens is 307 g/mol. The van der Waals surface area contributed by atoms with Gasteiger partial charge in [0.1, 0.15) is 11.6 Å². The van der Waals surface area contributed by atoms with E-state index in [0.717, 1.165) is 37.2 Å². The van der Waals surface area contributed by atoms with Crippen molar-refractivity contribution >= 4 is 6.03 Å². The number of halogens is 1. The second-order valence-electron chi connectivity index (χ2n) is 6.24. The SMILES string of the molecule is Cc1nccn1CCCNC(=O)N(Cc1ccc(F)cc1)C1CC1. The molecule has 2 amide bonds. The average molecular weight is 330 g/mol. The van der Waals surface area contributed by atoms with E-state index in [0.29, 0.717) is 19.1 Å². The highest BCUT2D eigenvalue weighted by Gasteiger charge is 2.32. The lowest BCUT2D eigenvalue weighted by Crippen LogP contribution is -2.41. The van der Waals surface area contributed by atoms with Crippen LogP contribution in [0.3, 0.4) is 0 Å². The summed E-state index contributed by atoms with van der Waals surface area (Å²) in [6, 6.07) is 6.62. The van der Waals surface area contributed by atoms with Crippen LogP contribution < -0.4 is 5.32 Å². The van der Waals surface area contributed by atoms with Crippen LogP contribution in [0.25, 0.3) is 0 Å². The number of hydrogen-bond acceptors (Lipinski definition) is 2. The van der Waals surface area contributed by atoms with Gasteiger partial charge in [0.2, 0.25) is 0 Å². The van der Waals surface area contributed by atoms with Crippen molar-refractivity contribution < 1.29 is 9.18 Å². The largest absolute Gasteiger partial charge is 0.338 e. The molecule has 24 heavy (non-hydrogen) atoms. The van der Waals surface area contributed by atoms with Crippen molar-refractivity contribution in [3.05, 3.63) is 53.9 Å². The molecule has 0 saturated heterocycles. The highest BCUT2D eigenvalue weighted by atomic mass is 19.1. The number of nitrogens with one attached hydrogen (secondary N) is 1. The van der Waals surface area contributed by atoms with Crippen molar-refractivity contribution in [1.29, 1.82) is 0 Å². The maximum Gasteiger partial charge on any atom is 0.317 e. The Bertz CT molecular complexity index is 679. The quantitative estimate of drug-likeness (QED) is 0.793. The molecule has 0 bridgehead atoms. The van der Waals surface area contributed by atoms with Gasteiger partial charge in [-0.15, -0.1) is 0 Å². The molecule has 6 heteroatoms. The van der Waals surface area contributed by atoms with Gasteiger partial charge in [-0.25, -0.2) is 14.2 Å². The van der Waals surface area contributed by atoms with E-state index in [9.17, 15) is 9.18 Å². The van der Waals surface area contributed by atoms with Gasteiger partial charge in [0.25, 0.3) is 0 Å². The monoisotopic (exact) mass is 330 g/mol. The molecule has 1 aromatic carbocycles. The normalized spacial score (nSPS) is 13.8. The second-order valence-corrected chi connectivity index (χ2v) is 6.24. The maximum atomic E-state index is 13.0. The van der Waals surface area contributed by atoms with Crippen LogP contribution in [0.4, 0.5) is 9.18 Å². The third-order valence-electron chi connectivity index (χ3n) is 4.29.